The summed E-state index contributed by atoms with van der Waals surface area (Å²) in [5.41, 5.74) is 0.896. The van der Waals surface area contributed by atoms with Crippen molar-refractivity contribution in [1.29, 1.82) is 0 Å². The second kappa shape index (κ2) is 5.73. The topological polar surface area (TPSA) is 71.2 Å². The number of hydrogen-bond acceptors (Lipinski definition) is 3. The number of H-pyrrole nitrogens is 1. The van der Waals surface area contributed by atoms with Gasteiger partial charge < -0.3 is 15.0 Å². The SMILES string of the molecule is COc1cccc(C(=O)Nc2cccc3c(=O)[nH]ccc23)c1. The quantitative estimate of drug-likeness (QED) is 0.780. The minimum Gasteiger partial charge on any atom is -0.497 e. The second-order valence-corrected chi connectivity index (χ2v) is 4.76. The van der Waals surface area contributed by atoms with Crippen LogP contribution in [0.15, 0.2) is 59.5 Å². The molecule has 2 N–H and O–H groups in total. The zero-order chi connectivity index (χ0) is 15.5. The number of nitrogens with one attached hydrogen (secondary N) is 2. The Morgan fingerprint density at radius 1 is 1.09 bits per heavy atom. The van der Waals surface area contributed by atoms with Gasteiger partial charge in [0.05, 0.1) is 7.11 Å². The highest BCUT2D eigenvalue weighted by atomic mass is 16.5. The summed E-state index contributed by atoms with van der Waals surface area (Å²) in [5, 5.41) is 4.06. The molecule has 0 aliphatic rings. The molecule has 0 atom stereocenters. The van der Waals surface area contributed by atoms with Gasteiger partial charge in [-0.1, -0.05) is 12.1 Å². The first-order valence-electron chi connectivity index (χ1n) is 6.75. The number of aromatic amines is 1. The maximum absolute atomic E-state index is 12.4. The van der Waals surface area contributed by atoms with Gasteiger partial charge in [-0.25, -0.2) is 0 Å². The van der Waals surface area contributed by atoms with E-state index >= 15 is 0 Å². The lowest BCUT2D eigenvalue weighted by Crippen LogP contribution is -2.13. The average Bonchev–Trinajstić information content (AvgIpc) is 2.56. The number of methoxy groups -OCH3 is 1. The maximum atomic E-state index is 12.4. The van der Waals surface area contributed by atoms with E-state index in [4.69, 9.17) is 4.74 Å². The van der Waals surface area contributed by atoms with Crippen molar-refractivity contribution in [2.75, 3.05) is 12.4 Å². The third kappa shape index (κ3) is 2.56. The molecule has 1 heterocycles. The van der Waals surface area contributed by atoms with Crippen molar-refractivity contribution in [3.05, 3.63) is 70.6 Å². The summed E-state index contributed by atoms with van der Waals surface area (Å²) in [6.07, 6.45) is 1.56. The Morgan fingerprint density at radius 3 is 2.73 bits per heavy atom. The minimum absolute atomic E-state index is 0.185. The molecule has 1 aromatic heterocycles. The molecule has 0 fully saturated rings. The molecule has 0 aliphatic carbocycles. The molecule has 0 aliphatic heterocycles. The number of fused-ring (bicyclic) bond motifs is 1. The first kappa shape index (κ1) is 13.9. The van der Waals surface area contributed by atoms with Crippen molar-refractivity contribution in [3.8, 4) is 5.75 Å². The van der Waals surface area contributed by atoms with Crippen LogP contribution in [0.5, 0.6) is 5.75 Å². The number of hydrogen-bond donors (Lipinski definition) is 2. The Bertz CT molecular complexity index is 900. The van der Waals surface area contributed by atoms with Crippen molar-refractivity contribution >= 4 is 22.4 Å². The predicted octanol–water partition coefficient (Wildman–Crippen LogP) is 2.79. The van der Waals surface area contributed by atoms with Crippen molar-refractivity contribution in [3.63, 3.8) is 0 Å². The number of pyridine rings is 1. The summed E-state index contributed by atoms with van der Waals surface area (Å²) in [7, 11) is 1.55. The summed E-state index contributed by atoms with van der Waals surface area (Å²) in [5.74, 6) is 0.355. The van der Waals surface area contributed by atoms with Crippen molar-refractivity contribution < 1.29 is 9.53 Å². The molecule has 0 spiro atoms. The van der Waals surface area contributed by atoms with Gasteiger partial charge in [0.1, 0.15) is 5.75 Å². The van der Waals surface area contributed by atoms with E-state index in [2.05, 4.69) is 10.3 Å². The van der Waals surface area contributed by atoms with E-state index in [1.165, 1.54) is 0 Å². The van der Waals surface area contributed by atoms with E-state index in [9.17, 15) is 9.59 Å². The van der Waals surface area contributed by atoms with E-state index < -0.39 is 0 Å². The number of amides is 1. The Hall–Kier alpha value is -3.08. The zero-order valence-electron chi connectivity index (χ0n) is 11.9. The van der Waals surface area contributed by atoms with E-state index in [1.54, 1.807) is 61.8 Å². The molecular formula is C17H14N2O3. The molecule has 5 nitrogen and oxygen atoms in total. The van der Waals surface area contributed by atoms with Crippen LogP contribution in [0, 0.1) is 0 Å². The highest BCUT2D eigenvalue weighted by molar-refractivity contribution is 6.09. The molecular weight excluding hydrogens is 280 g/mol. The number of aromatic nitrogens is 1. The fraction of sp³-hybridized carbons (Fsp3) is 0.0588. The second-order valence-electron chi connectivity index (χ2n) is 4.76. The smallest absolute Gasteiger partial charge is 0.255 e. The molecule has 3 rings (SSSR count). The fourth-order valence-corrected chi connectivity index (χ4v) is 2.29. The van der Waals surface area contributed by atoms with Crippen molar-refractivity contribution in [2.45, 2.75) is 0 Å². The summed E-state index contributed by atoms with van der Waals surface area (Å²) in [6.45, 7) is 0. The number of carbonyl (C=O) groups excluding carboxylic acids is 1. The molecule has 0 radical (unpaired) electrons. The van der Waals surface area contributed by atoms with Crippen molar-refractivity contribution in [2.24, 2.45) is 0 Å². The molecule has 3 aromatic rings. The molecule has 0 bridgehead atoms. The van der Waals surface area contributed by atoms with Crippen LogP contribution in [0.1, 0.15) is 10.4 Å². The van der Waals surface area contributed by atoms with Crippen LogP contribution in [0.25, 0.3) is 10.8 Å². The number of ether oxygens (including phenoxy) is 1. The fourth-order valence-electron chi connectivity index (χ4n) is 2.29. The molecule has 5 heteroatoms. The molecule has 1 amide bonds. The summed E-state index contributed by atoms with van der Waals surface area (Å²) >= 11 is 0. The molecule has 22 heavy (non-hydrogen) atoms. The van der Waals surface area contributed by atoms with Crippen LogP contribution in [0.3, 0.4) is 0 Å². The number of carbonyl (C=O) groups is 1. The first-order chi connectivity index (χ1) is 10.7. The van der Waals surface area contributed by atoms with Gasteiger partial charge in [0.2, 0.25) is 0 Å². The normalized spacial score (nSPS) is 10.4. The molecule has 0 saturated heterocycles. The van der Waals surface area contributed by atoms with Crippen LogP contribution in [0.2, 0.25) is 0 Å². The first-order valence-corrected chi connectivity index (χ1v) is 6.75. The lowest BCUT2D eigenvalue weighted by atomic mass is 10.1. The van der Waals surface area contributed by atoms with E-state index in [0.29, 0.717) is 27.8 Å². The van der Waals surface area contributed by atoms with Gasteiger partial charge in [-0.2, -0.15) is 0 Å². The molecule has 0 saturated carbocycles. The number of anilines is 1. The Labute approximate surface area is 126 Å². The molecule has 2 aromatic carbocycles. The minimum atomic E-state index is -0.258. The van der Waals surface area contributed by atoms with Gasteiger partial charge in [0.25, 0.3) is 11.5 Å². The van der Waals surface area contributed by atoms with Crippen molar-refractivity contribution in [1.82, 2.24) is 4.98 Å². The monoisotopic (exact) mass is 294 g/mol. The summed E-state index contributed by atoms with van der Waals surface area (Å²) < 4.78 is 5.12. The Balaban J connectivity index is 1.98. The number of benzene rings is 2. The maximum Gasteiger partial charge on any atom is 0.255 e. The highest BCUT2D eigenvalue weighted by Gasteiger charge is 2.10. The number of rotatable bonds is 3. The van der Waals surface area contributed by atoms with E-state index in [-0.39, 0.29) is 11.5 Å². The van der Waals surface area contributed by atoms with Crippen LogP contribution in [-0.2, 0) is 0 Å². The molecule has 110 valence electrons. The van der Waals surface area contributed by atoms with Crippen LogP contribution in [0.4, 0.5) is 5.69 Å². The van der Waals surface area contributed by atoms with Gasteiger partial charge in [0.15, 0.2) is 0 Å². The average molecular weight is 294 g/mol. The van der Waals surface area contributed by atoms with Gasteiger partial charge in [-0.15, -0.1) is 0 Å². The lowest BCUT2D eigenvalue weighted by Gasteiger charge is -2.09. The Morgan fingerprint density at radius 2 is 1.91 bits per heavy atom. The van der Waals surface area contributed by atoms with Gasteiger partial charge >= 0.3 is 0 Å². The van der Waals surface area contributed by atoms with Gasteiger partial charge in [0, 0.05) is 28.2 Å². The predicted molar refractivity (Wildman–Crippen MR) is 85.5 cm³/mol. The molecule has 0 unspecified atom stereocenters. The summed E-state index contributed by atoms with van der Waals surface area (Å²) in [4.78, 5) is 26.8. The van der Waals surface area contributed by atoms with Gasteiger partial charge in [-0.05, 0) is 36.4 Å². The third-order valence-electron chi connectivity index (χ3n) is 3.40. The third-order valence-corrected chi connectivity index (χ3v) is 3.40. The highest BCUT2D eigenvalue weighted by Crippen LogP contribution is 2.21. The van der Waals surface area contributed by atoms with Crippen LogP contribution in [-0.4, -0.2) is 18.0 Å². The standard InChI is InChI=1S/C17H14N2O3/c1-22-12-5-2-4-11(10-12)16(20)19-15-7-3-6-14-13(15)8-9-18-17(14)21/h2-10H,1H3,(H,18,21)(H,19,20). The Kier molecular flexibility index (Phi) is 3.62. The lowest BCUT2D eigenvalue weighted by molar-refractivity contribution is 0.102. The van der Waals surface area contributed by atoms with E-state index in [1.807, 2.05) is 0 Å². The summed E-state index contributed by atoms with van der Waals surface area (Å²) in [6, 6.07) is 13.9. The zero-order valence-corrected chi connectivity index (χ0v) is 11.9. The van der Waals surface area contributed by atoms with Crippen LogP contribution >= 0.6 is 0 Å². The van der Waals surface area contributed by atoms with E-state index in [0.717, 1.165) is 0 Å². The van der Waals surface area contributed by atoms with Crippen LogP contribution < -0.4 is 15.6 Å². The van der Waals surface area contributed by atoms with Gasteiger partial charge in [-0.3, -0.25) is 9.59 Å². The largest absolute Gasteiger partial charge is 0.497 e.